The summed E-state index contributed by atoms with van der Waals surface area (Å²) < 4.78 is 0. The molecule has 0 atom stereocenters. The van der Waals surface area contributed by atoms with Crippen LogP contribution in [0.2, 0.25) is 0 Å². The Bertz CT molecular complexity index is 626. The van der Waals surface area contributed by atoms with Gasteiger partial charge in [-0.25, -0.2) is 0 Å². The molecule has 5 nitrogen and oxygen atoms in total. The molecule has 1 radical (unpaired) electrons. The third-order valence-electron chi connectivity index (χ3n) is 2.97. The van der Waals surface area contributed by atoms with Crippen molar-refractivity contribution in [1.82, 2.24) is 10.3 Å². The van der Waals surface area contributed by atoms with Gasteiger partial charge >= 0.3 is 0 Å². The van der Waals surface area contributed by atoms with Crippen LogP contribution in [0.3, 0.4) is 0 Å². The summed E-state index contributed by atoms with van der Waals surface area (Å²) in [7, 11) is 0. The molecule has 2 rings (SSSR count). The molecule has 0 unspecified atom stereocenters. The number of nitrogens with two attached hydrogens (primary N) is 1. The molecule has 0 aliphatic heterocycles. The van der Waals surface area contributed by atoms with Crippen molar-refractivity contribution in [3.63, 3.8) is 0 Å². The van der Waals surface area contributed by atoms with Gasteiger partial charge in [0.2, 0.25) is 11.8 Å². The zero-order valence-electron chi connectivity index (χ0n) is 11.5. The van der Waals surface area contributed by atoms with Gasteiger partial charge in [0, 0.05) is 37.3 Å². The van der Waals surface area contributed by atoms with Gasteiger partial charge in [0.25, 0.3) is 0 Å². The molecule has 0 aliphatic carbocycles. The van der Waals surface area contributed by atoms with Crippen LogP contribution < -0.4 is 11.1 Å². The number of aromatic nitrogens is 1. The second kappa shape index (κ2) is 7.19. The summed E-state index contributed by atoms with van der Waals surface area (Å²) in [6.07, 6.45) is 5.24. The minimum atomic E-state index is -0.501. The maximum atomic E-state index is 11.8. The summed E-state index contributed by atoms with van der Waals surface area (Å²) in [5.41, 5.74) is 7.36. The predicted octanol–water partition coefficient (Wildman–Crippen LogP) is 1.44. The maximum Gasteiger partial charge on any atom is 0.248 e. The smallest absolute Gasteiger partial charge is 0.248 e. The first-order chi connectivity index (χ1) is 10.2. The number of nitrogens with one attached hydrogen (secondary N) is 1. The predicted molar refractivity (Wildman–Crippen MR) is 79.1 cm³/mol. The van der Waals surface area contributed by atoms with Crippen molar-refractivity contribution in [2.24, 2.45) is 5.73 Å². The van der Waals surface area contributed by atoms with Crippen molar-refractivity contribution in [2.45, 2.75) is 13.0 Å². The van der Waals surface area contributed by atoms with Crippen molar-refractivity contribution in [2.75, 3.05) is 0 Å². The highest BCUT2D eigenvalue weighted by Gasteiger charge is 2.09. The van der Waals surface area contributed by atoms with E-state index >= 15 is 0 Å². The van der Waals surface area contributed by atoms with Gasteiger partial charge in [0.05, 0.1) is 0 Å². The van der Waals surface area contributed by atoms with E-state index in [1.54, 1.807) is 43.1 Å². The summed E-state index contributed by atoms with van der Waals surface area (Å²) in [5, 5.41) is 2.80. The summed E-state index contributed by atoms with van der Waals surface area (Å²) in [6.45, 7) is 0.451. The average Bonchev–Trinajstić information content (AvgIpc) is 2.52. The molecule has 1 heterocycles. The summed E-state index contributed by atoms with van der Waals surface area (Å²) in [6, 6.07) is 10.6. The van der Waals surface area contributed by atoms with E-state index in [-0.39, 0.29) is 12.3 Å². The number of rotatable bonds is 6. The highest BCUT2D eigenvalue weighted by Crippen LogP contribution is 2.12. The summed E-state index contributed by atoms with van der Waals surface area (Å²) in [4.78, 5) is 27.0. The van der Waals surface area contributed by atoms with Crippen LogP contribution in [0.4, 0.5) is 0 Å². The van der Waals surface area contributed by atoms with Crippen molar-refractivity contribution in [1.29, 1.82) is 0 Å². The van der Waals surface area contributed by atoms with Crippen LogP contribution in [0, 0.1) is 6.42 Å². The Morgan fingerprint density at radius 2 is 1.86 bits per heavy atom. The second-order valence-corrected chi connectivity index (χ2v) is 4.49. The lowest BCUT2D eigenvalue weighted by Crippen LogP contribution is -2.23. The Kier molecular flexibility index (Phi) is 5.04. The zero-order valence-corrected chi connectivity index (χ0v) is 11.5. The monoisotopic (exact) mass is 282 g/mol. The van der Waals surface area contributed by atoms with Gasteiger partial charge < -0.3 is 11.1 Å². The summed E-state index contributed by atoms with van der Waals surface area (Å²) in [5.74, 6) is -0.620. The lowest BCUT2D eigenvalue weighted by molar-refractivity contribution is -0.120. The molecular formula is C16H16N3O2. The number of benzene rings is 1. The van der Waals surface area contributed by atoms with E-state index in [9.17, 15) is 9.59 Å². The van der Waals surface area contributed by atoms with Gasteiger partial charge in [-0.1, -0.05) is 18.2 Å². The number of carbonyl (C=O) groups excluding carboxylic acids is 2. The van der Waals surface area contributed by atoms with Crippen LogP contribution in [-0.2, 0) is 11.3 Å². The topological polar surface area (TPSA) is 85.1 Å². The number of nitrogens with zero attached hydrogens (tertiary/aromatic N) is 1. The minimum Gasteiger partial charge on any atom is -0.366 e. The van der Waals surface area contributed by atoms with Gasteiger partial charge in [-0.2, -0.15) is 0 Å². The molecule has 1 aromatic carbocycles. The maximum absolute atomic E-state index is 11.8. The fourth-order valence-electron chi connectivity index (χ4n) is 1.88. The lowest BCUT2D eigenvalue weighted by atomic mass is 10.0. The Hall–Kier alpha value is -2.69. The fourth-order valence-corrected chi connectivity index (χ4v) is 1.88. The number of carbonyl (C=O) groups is 2. The second-order valence-electron chi connectivity index (χ2n) is 4.49. The van der Waals surface area contributed by atoms with Gasteiger partial charge in [-0.3, -0.25) is 14.6 Å². The number of pyridine rings is 1. The highest BCUT2D eigenvalue weighted by atomic mass is 16.1. The SMILES string of the molecule is NC(=O)c1ccccc1[CH]CC(=O)NCc1ccncc1. The third-order valence-corrected chi connectivity index (χ3v) is 2.97. The molecule has 107 valence electrons. The van der Waals surface area contributed by atoms with Gasteiger partial charge in [-0.15, -0.1) is 0 Å². The summed E-state index contributed by atoms with van der Waals surface area (Å²) >= 11 is 0. The number of hydrogen-bond donors (Lipinski definition) is 2. The van der Waals surface area contributed by atoms with Crippen LogP contribution in [0.5, 0.6) is 0 Å². The van der Waals surface area contributed by atoms with Gasteiger partial charge in [0.1, 0.15) is 0 Å². The molecule has 2 aromatic rings. The van der Waals surface area contributed by atoms with E-state index in [2.05, 4.69) is 10.3 Å². The molecule has 0 spiro atoms. The van der Waals surface area contributed by atoms with Crippen LogP contribution in [0.15, 0.2) is 48.8 Å². The Balaban J connectivity index is 1.86. The van der Waals surface area contributed by atoms with E-state index in [0.717, 1.165) is 5.56 Å². The molecule has 0 fully saturated rings. The number of hydrogen-bond acceptors (Lipinski definition) is 3. The van der Waals surface area contributed by atoms with Crippen LogP contribution >= 0.6 is 0 Å². The first-order valence-corrected chi connectivity index (χ1v) is 6.54. The standard InChI is InChI=1S/C16H16N3O2/c17-16(21)14-4-2-1-3-13(14)5-6-15(20)19-11-12-7-9-18-10-8-12/h1-5,7-10H,6,11H2,(H2,17,21)(H,19,20). The van der Waals surface area contributed by atoms with Crippen LogP contribution in [-0.4, -0.2) is 16.8 Å². The van der Waals surface area contributed by atoms with Crippen molar-refractivity contribution >= 4 is 11.8 Å². The van der Waals surface area contributed by atoms with E-state index in [1.807, 2.05) is 12.1 Å². The van der Waals surface area contributed by atoms with Gasteiger partial charge in [0.15, 0.2) is 0 Å². The van der Waals surface area contributed by atoms with Crippen molar-refractivity contribution in [3.05, 3.63) is 71.9 Å². The Labute approximate surface area is 123 Å². The number of amides is 2. The minimum absolute atomic E-state index is 0.119. The molecule has 0 saturated heterocycles. The van der Waals surface area contributed by atoms with E-state index in [0.29, 0.717) is 17.7 Å². The molecular weight excluding hydrogens is 266 g/mol. The first-order valence-electron chi connectivity index (χ1n) is 6.54. The van der Waals surface area contributed by atoms with E-state index in [4.69, 9.17) is 5.73 Å². The molecule has 3 N–H and O–H groups in total. The first kappa shape index (κ1) is 14.7. The van der Waals surface area contributed by atoms with Crippen LogP contribution in [0.1, 0.15) is 27.9 Å². The molecule has 0 bridgehead atoms. The molecule has 21 heavy (non-hydrogen) atoms. The van der Waals surface area contributed by atoms with Crippen LogP contribution in [0.25, 0.3) is 0 Å². The van der Waals surface area contributed by atoms with Crippen molar-refractivity contribution < 1.29 is 9.59 Å². The molecule has 0 aliphatic rings. The third kappa shape index (κ3) is 4.42. The quantitative estimate of drug-likeness (QED) is 0.840. The molecule has 1 aromatic heterocycles. The van der Waals surface area contributed by atoms with E-state index < -0.39 is 5.91 Å². The molecule has 0 saturated carbocycles. The van der Waals surface area contributed by atoms with Gasteiger partial charge in [-0.05, 0) is 29.3 Å². The highest BCUT2D eigenvalue weighted by molar-refractivity contribution is 5.95. The Morgan fingerprint density at radius 1 is 1.14 bits per heavy atom. The normalized spacial score (nSPS) is 10.1. The van der Waals surface area contributed by atoms with E-state index in [1.165, 1.54) is 0 Å². The molecule has 5 heteroatoms. The fraction of sp³-hybridized carbons (Fsp3) is 0.125. The lowest BCUT2D eigenvalue weighted by Gasteiger charge is -2.07. The average molecular weight is 282 g/mol. The number of primary amides is 1. The van der Waals surface area contributed by atoms with Crippen molar-refractivity contribution in [3.8, 4) is 0 Å². The Morgan fingerprint density at radius 3 is 2.57 bits per heavy atom. The molecule has 2 amide bonds. The zero-order chi connectivity index (χ0) is 15.1. The largest absolute Gasteiger partial charge is 0.366 e.